The molecule has 1 heterocycles. The molecule has 2 N–H and O–H groups in total. The van der Waals surface area contributed by atoms with Crippen molar-refractivity contribution in [3.8, 4) is 0 Å². The quantitative estimate of drug-likeness (QED) is 0.855. The summed E-state index contributed by atoms with van der Waals surface area (Å²) in [6.07, 6.45) is 5.65. The van der Waals surface area contributed by atoms with E-state index in [2.05, 4.69) is 0 Å². The molecule has 150 valence electrons. The molecule has 0 bridgehead atoms. The number of nitrogens with two attached hydrogens (primary N) is 1. The molecule has 1 saturated carbocycles. The van der Waals surface area contributed by atoms with Gasteiger partial charge in [0.15, 0.2) is 0 Å². The summed E-state index contributed by atoms with van der Waals surface area (Å²) in [5.41, 5.74) is 7.29. The number of rotatable bonds is 4. The molecule has 0 spiro atoms. The Morgan fingerprint density at radius 1 is 0.963 bits per heavy atom. The van der Waals surface area contributed by atoms with Crippen molar-refractivity contribution in [1.29, 1.82) is 0 Å². The molecule has 1 aliphatic carbocycles. The van der Waals surface area contributed by atoms with E-state index in [9.17, 15) is 9.59 Å². The number of piperazine rings is 1. The summed E-state index contributed by atoms with van der Waals surface area (Å²) >= 11 is 0. The molecule has 1 saturated heterocycles. The van der Waals surface area contributed by atoms with Gasteiger partial charge in [0.2, 0.25) is 11.8 Å². The van der Waals surface area contributed by atoms with E-state index in [-0.39, 0.29) is 36.2 Å². The van der Waals surface area contributed by atoms with Gasteiger partial charge in [-0.3, -0.25) is 9.59 Å². The third-order valence-electron chi connectivity index (χ3n) is 5.97. The zero-order chi connectivity index (χ0) is 18.5. The maximum atomic E-state index is 12.8. The average molecular weight is 394 g/mol. The van der Waals surface area contributed by atoms with E-state index in [1.807, 2.05) is 47.1 Å². The summed E-state index contributed by atoms with van der Waals surface area (Å²) in [4.78, 5) is 29.3. The maximum absolute atomic E-state index is 12.8. The lowest BCUT2D eigenvalue weighted by Gasteiger charge is -2.38. The lowest BCUT2D eigenvalue weighted by molar-refractivity contribution is -0.144. The normalized spacial score (nSPS) is 20.5. The van der Waals surface area contributed by atoms with Crippen LogP contribution in [0.1, 0.15) is 50.6 Å². The highest BCUT2D eigenvalue weighted by Crippen LogP contribution is 2.26. The molecule has 2 atom stereocenters. The predicted molar refractivity (Wildman–Crippen MR) is 110 cm³/mol. The lowest BCUT2D eigenvalue weighted by Crippen LogP contribution is -2.53. The number of amides is 2. The molecule has 27 heavy (non-hydrogen) atoms. The molecular formula is C21H32ClN3O2. The van der Waals surface area contributed by atoms with Crippen LogP contribution in [0.5, 0.6) is 0 Å². The smallest absolute Gasteiger partial charge is 0.227 e. The van der Waals surface area contributed by atoms with Gasteiger partial charge < -0.3 is 15.5 Å². The van der Waals surface area contributed by atoms with Crippen LogP contribution in [0.15, 0.2) is 30.3 Å². The van der Waals surface area contributed by atoms with Gasteiger partial charge in [0.05, 0.1) is 5.92 Å². The van der Waals surface area contributed by atoms with E-state index in [4.69, 9.17) is 5.73 Å². The van der Waals surface area contributed by atoms with Crippen molar-refractivity contribution in [2.75, 3.05) is 26.2 Å². The summed E-state index contributed by atoms with van der Waals surface area (Å²) in [5, 5.41) is 0. The maximum Gasteiger partial charge on any atom is 0.227 e. The molecule has 5 nitrogen and oxygen atoms in total. The fourth-order valence-electron chi connectivity index (χ4n) is 4.16. The van der Waals surface area contributed by atoms with E-state index < -0.39 is 0 Å². The van der Waals surface area contributed by atoms with Gasteiger partial charge in [0.25, 0.3) is 0 Å². The van der Waals surface area contributed by atoms with E-state index in [0.717, 1.165) is 18.4 Å². The van der Waals surface area contributed by atoms with Crippen LogP contribution >= 0.6 is 12.4 Å². The molecule has 2 unspecified atom stereocenters. The Morgan fingerprint density at radius 2 is 1.52 bits per heavy atom. The Morgan fingerprint density at radius 3 is 2.11 bits per heavy atom. The third kappa shape index (κ3) is 5.23. The van der Waals surface area contributed by atoms with Gasteiger partial charge in [-0.1, -0.05) is 56.5 Å². The van der Waals surface area contributed by atoms with Crippen molar-refractivity contribution in [3.05, 3.63) is 35.9 Å². The minimum Gasteiger partial charge on any atom is -0.339 e. The number of carbonyl (C=O) groups is 2. The van der Waals surface area contributed by atoms with Crippen molar-refractivity contribution < 1.29 is 9.59 Å². The fraction of sp³-hybridized carbons (Fsp3) is 0.619. The Kier molecular flexibility index (Phi) is 8.11. The van der Waals surface area contributed by atoms with Gasteiger partial charge in [0, 0.05) is 38.1 Å². The Bertz CT molecular complexity index is 611. The first-order valence-electron chi connectivity index (χ1n) is 9.96. The zero-order valence-electron chi connectivity index (χ0n) is 16.2. The standard InChI is InChI=1S/C21H31N3O2.ClH/c1-16(19(22)17-8-4-2-5-9-17)20(25)23-12-14-24(15-13-23)21(26)18-10-6-3-7-11-18;/h2,4-5,8-9,16,18-19H,3,6-7,10-15,22H2,1H3;1H. The molecule has 2 fully saturated rings. The van der Waals surface area contributed by atoms with Crippen LogP contribution in [0.2, 0.25) is 0 Å². The van der Waals surface area contributed by atoms with Crippen molar-refractivity contribution in [2.45, 2.75) is 45.1 Å². The second-order valence-corrected chi connectivity index (χ2v) is 7.71. The van der Waals surface area contributed by atoms with Gasteiger partial charge in [-0.15, -0.1) is 12.4 Å². The van der Waals surface area contributed by atoms with Crippen LogP contribution in [0.25, 0.3) is 0 Å². The monoisotopic (exact) mass is 393 g/mol. The van der Waals surface area contributed by atoms with E-state index in [1.54, 1.807) is 0 Å². The van der Waals surface area contributed by atoms with Gasteiger partial charge in [-0.2, -0.15) is 0 Å². The van der Waals surface area contributed by atoms with Crippen molar-refractivity contribution >= 4 is 24.2 Å². The molecule has 0 radical (unpaired) electrons. The molecule has 1 aromatic carbocycles. The summed E-state index contributed by atoms with van der Waals surface area (Å²) in [6.45, 7) is 4.43. The number of carbonyl (C=O) groups excluding carboxylic acids is 2. The highest BCUT2D eigenvalue weighted by atomic mass is 35.5. The molecule has 1 aromatic rings. The van der Waals surface area contributed by atoms with Crippen LogP contribution in [-0.2, 0) is 9.59 Å². The zero-order valence-corrected chi connectivity index (χ0v) is 17.0. The van der Waals surface area contributed by atoms with Crippen molar-refractivity contribution in [3.63, 3.8) is 0 Å². The highest BCUT2D eigenvalue weighted by molar-refractivity contribution is 5.85. The van der Waals surface area contributed by atoms with E-state index in [1.165, 1.54) is 19.3 Å². The first kappa shape index (κ1) is 21.7. The van der Waals surface area contributed by atoms with Crippen molar-refractivity contribution in [2.24, 2.45) is 17.6 Å². The van der Waals surface area contributed by atoms with Gasteiger partial charge in [0.1, 0.15) is 0 Å². The van der Waals surface area contributed by atoms with Crippen LogP contribution < -0.4 is 5.73 Å². The second kappa shape index (κ2) is 10.1. The van der Waals surface area contributed by atoms with Crippen LogP contribution in [0.4, 0.5) is 0 Å². The molecule has 0 aromatic heterocycles. The second-order valence-electron chi connectivity index (χ2n) is 7.71. The van der Waals surface area contributed by atoms with Crippen LogP contribution in [0.3, 0.4) is 0 Å². The molecule has 2 amide bonds. The first-order chi connectivity index (χ1) is 12.6. The summed E-state index contributed by atoms with van der Waals surface area (Å²) in [5.74, 6) is 0.325. The average Bonchev–Trinajstić information content (AvgIpc) is 2.73. The van der Waals surface area contributed by atoms with Crippen LogP contribution in [-0.4, -0.2) is 47.8 Å². The Balaban J connectivity index is 0.00000261. The molecule has 6 heteroatoms. The van der Waals surface area contributed by atoms with E-state index in [0.29, 0.717) is 32.1 Å². The van der Waals surface area contributed by atoms with Gasteiger partial charge in [-0.25, -0.2) is 0 Å². The first-order valence-corrected chi connectivity index (χ1v) is 9.96. The third-order valence-corrected chi connectivity index (χ3v) is 5.97. The summed E-state index contributed by atoms with van der Waals surface area (Å²) < 4.78 is 0. The summed E-state index contributed by atoms with van der Waals surface area (Å²) in [6, 6.07) is 9.48. The predicted octanol–water partition coefficient (Wildman–Crippen LogP) is 3.00. The van der Waals surface area contributed by atoms with E-state index >= 15 is 0 Å². The Labute approximate surface area is 168 Å². The number of benzene rings is 1. The fourth-order valence-corrected chi connectivity index (χ4v) is 4.16. The number of halogens is 1. The van der Waals surface area contributed by atoms with Crippen molar-refractivity contribution in [1.82, 2.24) is 9.80 Å². The SMILES string of the molecule is CC(C(=O)N1CCN(C(=O)C2CCCCC2)CC1)C(N)c1ccccc1.Cl. The molecule has 1 aliphatic heterocycles. The molecule has 2 aliphatic rings. The Hall–Kier alpha value is -1.59. The number of hydrogen-bond donors (Lipinski definition) is 1. The topological polar surface area (TPSA) is 66.6 Å². The molecular weight excluding hydrogens is 362 g/mol. The van der Waals surface area contributed by atoms with Gasteiger partial charge in [-0.05, 0) is 18.4 Å². The number of nitrogens with zero attached hydrogens (tertiary/aromatic N) is 2. The molecule has 3 rings (SSSR count). The highest BCUT2D eigenvalue weighted by Gasteiger charge is 2.32. The van der Waals surface area contributed by atoms with Crippen LogP contribution in [0, 0.1) is 11.8 Å². The minimum absolute atomic E-state index is 0. The van der Waals surface area contributed by atoms with Gasteiger partial charge >= 0.3 is 0 Å². The minimum atomic E-state index is -0.300. The number of hydrogen-bond acceptors (Lipinski definition) is 3. The lowest BCUT2D eigenvalue weighted by atomic mass is 9.88. The summed E-state index contributed by atoms with van der Waals surface area (Å²) in [7, 11) is 0. The largest absolute Gasteiger partial charge is 0.339 e.